The number of benzene rings is 2. The van der Waals surface area contributed by atoms with E-state index in [4.69, 9.17) is 4.74 Å². The van der Waals surface area contributed by atoms with E-state index in [2.05, 4.69) is 53.8 Å². The van der Waals surface area contributed by atoms with Gasteiger partial charge in [-0.3, -0.25) is 4.79 Å². The van der Waals surface area contributed by atoms with Crippen molar-refractivity contribution in [3.05, 3.63) is 76.4 Å². The molecule has 4 rings (SSSR count). The molecule has 0 saturated carbocycles. The Morgan fingerprint density at radius 1 is 0.900 bits per heavy atom. The summed E-state index contributed by atoms with van der Waals surface area (Å²) in [5.41, 5.74) is 8.21. The third-order valence-electron chi connectivity index (χ3n) is 5.96. The van der Waals surface area contributed by atoms with Crippen LogP contribution in [0.3, 0.4) is 0 Å². The highest BCUT2D eigenvalue weighted by molar-refractivity contribution is 5.86. The van der Waals surface area contributed by atoms with Crippen LogP contribution in [-0.2, 0) is 22.4 Å². The first kappa shape index (κ1) is 20.2. The molecule has 2 aromatic rings. The van der Waals surface area contributed by atoms with Crippen LogP contribution in [0.4, 0.5) is 4.79 Å². The number of rotatable bonds is 3. The lowest BCUT2D eigenvalue weighted by Gasteiger charge is -2.30. The topological polar surface area (TPSA) is 58.6 Å². The van der Waals surface area contributed by atoms with E-state index in [9.17, 15) is 9.59 Å². The van der Waals surface area contributed by atoms with Gasteiger partial charge in [0, 0.05) is 19.6 Å². The third kappa shape index (κ3) is 4.25. The van der Waals surface area contributed by atoms with Crippen LogP contribution >= 0.6 is 0 Å². The fourth-order valence-corrected chi connectivity index (χ4v) is 4.45. The van der Waals surface area contributed by atoms with Gasteiger partial charge in [0.05, 0.1) is 0 Å². The van der Waals surface area contributed by atoms with Crippen LogP contribution in [0, 0.1) is 0 Å². The molecule has 1 aliphatic heterocycles. The Hall–Kier alpha value is -3.08. The quantitative estimate of drug-likeness (QED) is 0.843. The molecule has 2 aliphatic rings. The number of nitrogens with one attached hydrogen (secondary N) is 1. The van der Waals surface area contributed by atoms with Crippen molar-refractivity contribution >= 4 is 17.6 Å². The van der Waals surface area contributed by atoms with E-state index in [0.717, 1.165) is 25.7 Å². The second-order valence-electron chi connectivity index (χ2n) is 7.78. The monoisotopic (exact) mass is 404 g/mol. The van der Waals surface area contributed by atoms with Crippen LogP contribution in [0.2, 0.25) is 0 Å². The van der Waals surface area contributed by atoms with E-state index in [1.165, 1.54) is 33.4 Å². The maximum Gasteiger partial charge on any atom is 0.407 e. The van der Waals surface area contributed by atoms with Gasteiger partial charge in [0.2, 0.25) is 0 Å². The molecule has 1 saturated heterocycles. The molecule has 0 bridgehead atoms. The summed E-state index contributed by atoms with van der Waals surface area (Å²) in [6.07, 6.45) is 3.23. The van der Waals surface area contributed by atoms with Gasteiger partial charge in [-0.05, 0) is 60.4 Å². The molecule has 0 aromatic heterocycles. The van der Waals surface area contributed by atoms with Crippen molar-refractivity contribution in [3.63, 3.8) is 0 Å². The van der Waals surface area contributed by atoms with Crippen molar-refractivity contribution in [3.8, 4) is 0 Å². The van der Waals surface area contributed by atoms with Crippen LogP contribution in [-0.4, -0.2) is 43.1 Å². The van der Waals surface area contributed by atoms with Crippen LogP contribution in [0.25, 0.3) is 5.57 Å². The molecule has 30 heavy (non-hydrogen) atoms. The first-order valence-corrected chi connectivity index (χ1v) is 10.7. The Bertz CT molecular complexity index is 920. The average Bonchev–Trinajstić information content (AvgIpc) is 2.95. The third-order valence-corrected chi connectivity index (χ3v) is 5.96. The highest BCUT2D eigenvalue weighted by Crippen LogP contribution is 2.38. The van der Waals surface area contributed by atoms with Crippen molar-refractivity contribution in [2.45, 2.75) is 32.6 Å². The van der Waals surface area contributed by atoms with Crippen molar-refractivity contribution < 1.29 is 14.3 Å². The normalized spacial score (nSPS) is 15.7. The fraction of sp³-hybridized carbons (Fsp3) is 0.360. The number of carbonyl (C=O) groups excluding carboxylic acids is 2. The number of carbonyl (C=O) groups is 2. The second kappa shape index (κ2) is 9.16. The maximum atomic E-state index is 12.4. The number of fused-ring (bicyclic) bond motifs is 2. The highest BCUT2D eigenvalue weighted by atomic mass is 16.6. The Kier molecular flexibility index (Phi) is 6.17. The second-order valence-corrected chi connectivity index (χ2v) is 7.78. The largest absolute Gasteiger partial charge is 0.439 e. The Balaban J connectivity index is 1.55. The number of piperidine rings is 1. The Morgan fingerprint density at radius 3 is 2.03 bits per heavy atom. The molecule has 0 unspecified atom stereocenters. The summed E-state index contributed by atoms with van der Waals surface area (Å²) in [6, 6.07) is 17.4. The first-order chi connectivity index (χ1) is 14.7. The van der Waals surface area contributed by atoms with E-state index in [0.29, 0.717) is 19.6 Å². The lowest BCUT2D eigenvalue weighted by atomic mass is 9.86. The van der Waals surface area contributed by atoms with Crippen LogP contribution < -0.4 is 5.32 Å². The molecule has 2 amide bonds. The van der Waals surface area contributed by atoms with Gasteiger partial charge in [0.15, 0.2) is 6.61 Å². The van der Waals surface area contributed by atoms with Crippen molar-refractivity contribution in [2.75, 3.05) is 26.2 Å². The van der Waals surface area contributed by atoms with Crippen molar-refractivity contribution in [2.24, 2.45) is 0 Å². The summed E-state index contributed by atoms with van der Waals surface area (Å²) in [5.74, 6) is -0.132. The molecular formula is C25H28N2O3. The molecule has 5 heteroatoms. The number of amides is 2. The van der Waals surface area contributed by atoms with Crippen molar-refractivity contribution in [1.82, 2.24) is 10.2 Å². The molecule has 0 atom stereocenters. The van der Waals surface area contributed by atoms with Gasteiger partial charge in [0.1, 0.15) is 0 Å². The minimum Gasteiger partial charge on any atom is -0.439 e. The molecule has 5 nitrogen and oxygen atoms in total. The number of ether oxygens (including phenoxy) is 1. The standard InChI is InChI=1S/C25H28N2O3/c1-2-26-25(29)30-17-23(28)27-15-13-20(14-16-27)24-21-9-5-3-7-18(21)11-12-19-8-4-6-10-22(19)24/h3-10H,2,11-17H2,1H3,(H,26,29). The van der Waals surface area contributed by atoms with E-state index >= 15 is 0 Å². The molecule has 2 aromatic carbocycles. The summed E-state index contributed by atoms with van der Waals surface area (Å²) < 4.78 is 5.00. The van der Waals surface area contributed by atoms with Gasteiger partial charge in [-0.1, -0.05) is 54.1 Å². The number of likely N-dealkylation sites (tertiary alicyclic amines) is 1. The first-order valence-electron chi connectivity index (χ1n) is 10.7. The smallest absolute Gasteiger partial charge is 0.407 e. The molecule has 156 valence electrons. The highest BCUT2D eigenvalue weighted by Gasteiger charge is 2.25. The number of hydrogen-bond acceptors (Lipinski definition) is 3. The van der Waals surface area contributed by atoms with Gasteiger partial charge in [-0.2, -0.15) is 0 Å². The molecule has 0 spiro atoms. The molecule has 1 fully saturated rings. The summed E-state index contributed by atoms with van der Waals surface area (Å²) in [6.45, 7) is 3.40. The van der Waals surface area contributed by atoms with E-state index in [1.54, 1.807) is 4.90 Å². The number of alkyl carbamates (subject to hydrolysis) is 1. The Labute approximate surface area is 177 Å². The van der Waals surface area contributed by atoms with Gasteiger partial charge in [0.25, 0.3) is 5.91 Å². The summed E-state index contributed by atoms with van der Waals surface area (Å²) in [4.78, 5) is 25.7. The van der Waals surface area contributed by atoms with Gasteiger partial charge in [-0.15, -0.1) is 0 Å². The molecular weight excluding hydrogens is 376 g/mol. The van der Waals surface area contributed by atoms with Gasteiger partial charge in [-0.25, -0.2) is 4.79 Å². The maximum absolute atomic E-state index is 12.4. The molecule has 1 heterocycles. The van der Waals surface area contributed by atoms with Gasteiger partial charge >= 0.3 is 6.09 Å². The average molecular weight is 405 g/mol. The lowest BCUT2D eigenvalue weighted by molar-refractivity contribution is -0.134. The van der Waals surface area contributed by atoms with E-state index < -0.39 is 6.09 Å². The minimum absolute atomic E-state index is 0.132. The molecule has 1 N–H and O–H groups in total. The summed E-state index contributed by atoms with van der Waals surface area (Å²) in [5, 5.41) is 2.54. The predicted molar refractivity (Wildman–Crippen MR) is 117 cm³/mol. The van der Waals surface area contributed by atoms with E-state index in [-0.39, 0.29) is 12.5 Å². The van der Waals surface area contributed by atoms with Gasteiger partial charge < -0.3 is 15.0 Å². The zero-order chi connectivity index (χ0) is 20.9. The van der Waals surface area contributed by atoms with Crippen LogP contribution in [0.15, 0.2) is 54.1 Å². The van der Waals surface area contributed by atoms with Crippen LogP contribution in [0.5, 0.6) is 0 Å². The molecule has 1 aliphatic carbocycles. The SMILES string of the molecule is CCNC(=O)OCC(=O)N1CCC(=C2c3ccccc3CCc3ccccc32)CC1. The summed E-state index contributed by atoms with van der Waals surface area (Å²) >= 11 is 0. The van der Waals surface area contributed by atoms with Crippen molar-refractivity contribution in [1.29, 1.82) is 0 Å². The zero-order valence-electron chi connectivity index (χ0n) is 17.4. The molecule has 0 radical (unpaired) electrons. The number of aryl methyl sites for hydroxylation is 2. The van der Waals surface area contributed by atoms with E-state index in [1.807, 2.05) is 6.92 Å². The number of hydrogen-bond donors (Lipinski definition) is 1. The fourth-order valence-electron chi connectivity index (χ4n) is 4.45. The van der Waals surface area contributed by atoms with Crippen LogP contribution in [0.1, 0.15) is 42.0 Å². The minimum atomic E-state index is -0.544. The predicted octanol–water partition coefficient (Wildman–Crippen LogP) is 3.96. The number of nitrogens with zero attached hydrogens (tertiary/aromatic N) is 1. The summed E-state index contributed by atoms with van der Waals surface area (Å²) in [7, 11) is 0. The zero-order valence-corrected chi connectivity index (χ0v) is 17.4. The lowest BCUT2D eigenvalue weighted by Crippen LogP contribution is -2.40. The Morgan fingerprint density at radius 2 is 1.47 bits per heavy atom.